The van der Waals surface area contributed by atoms with Crippen molar-refractivity contribution >= 4 is 11.0 Å². The molecule has 144 valence electrons. The molecular formula is C24H15N3O3. The van der Waals surface area contributed by atoms with Gasteiger partial charge in [0, 0.05) is 12.4 Å². The lowest BCUT2D eigenvalue weighted by atomic mass is 9.83. The van der Waals surface area contributed by atoms with Gasteiger partial charge >= 0.3 is 5.63 Å². The highest BCUT2D eigenvalue weighted by atomic mass is 16.5. The Morgan fingerprint density at radius 1 is 1.00 bits per heavy atom. The van der Waals surface area contributed by atoms with Crippen LogP contribution in [0.2, 0.25) is 0 Å². The maximum atomic E-state index is 12.9. The van der Waals surface area contributed by atoms with Gasteiger partial charge in [0.2, 0.25) is 5.88 Å². The number of pyridine rings is 1. The quantitative estimate of drug-likeness (QED) is 0.515. The first-order chi connectivity index (χ1) is 14.7. The second-order valence-electron chi connectivity index (χ2n) is 6.92. The van der Waals surface area contributed by atoms with Crippen LogP contribution in [0.15, 0.2) is 93.7 Å². The standard InChI is InChI=1S/C24H15N3O3/c25-12-18-20(15-9-7-14(8-10-15)16-4-3-11-27-13-16)21-22(30-23(18)26)17-5-1-2-6-19(17)29-24(21)28/h1-11,13,20H,26H2. The van der Waals surface area contributed by atoms with Crippen LogP contribution < -0.4 is 16.1 Å². The van der Waals surface area contributed by atoms with Gasteiger partial charge in [0.15, 0.2) is 5.75 Å². The number of para-hydroxylation sites is 1. The predicted octanol–water partition coefficient (Wildman–Crippen LogP) is 4.07. The Hall–Kier alpha value is -4.37. The van der Waals surface area contributed by atoms with Crippen LogP contribution in [-0.4, -0.2) is 4.98 Å². The molecule has 0 amide bonds. The summed E-state index contributed by atoms with van der Waals surface area (Å²) in [5, 5.41) is 10.4. The van der Waals surface area contributed by atoms with Gasteiger partial charge in [-0.2, -0.15) is 5.26 Å². The lowest BCUT2D eigenvalue weighted by Crippen LogP contribution is -2.26. The number of hydrogen-bond donors (Lipinski definition) is 1. The molecule has 4 aromatic rings. The van der Waals surface area contributed by atoms with E-state index in [4.69, 9.17) is 14.9 Å². The third-order valence-corrected chi connectivity index (χ3v) is 5.21. The molecule has 0 bridgehead atoms. The maximum Gasteiger partial charge on any atom is 0.344 e. The van der Waals surface area contributed by atoms with Gasteiger partial charge in [-0.3, -0.25) is 4.98 Å². The van der Waals surface area contributed by atoms with Gasteiger partial charge in [-0.25, -0.2) is 4.79 Å². The molecule has 0 radical (unpaired) electrons. The van der Waals surface area contributed by atoms with Gasteiger partial charge in [-0.05, 0) is 34.9 Å². The van der Waals surface area contributed by atoms with Crippen LogP contribution in [0.5, 0.6) is 5.75 Å². The smallest absolute Gasteiger partial charge is 0.344 e. The summed E-state index contributed by atoms with van der Waals surface area (Å²) in [6.45, 7) is 0. The van der Waals surface area contributed by atoms with Crippen molar-refractivity contribution in [2.24, 2.45) is 5.73 Å². The first-order valence-corrected chi connectivity index (χ1v) is 9.31. The number of allylic oxidation sites excluding steroid dienone is 1. The Morgan fingerprint density at radius 3 is 2.53 bits per heavy atom. The molecule has 0 saturated carbocycles. The number of hydrogen-bond acceptors (Lipinski definition) is 6. The Kier molecular flexibility index (Phi) is 4.08. The van der Waals surface area contributed by atoms with Crippen molar-refractivity contribution < 1.29 is 9.15 Å². The maximum absolute atomic E-state index is 12.9. The van der Waals surface area contributed by atoms with E-state index in [1.807, 2.05) is 42.5 Å². The van der Waals surface area contributed by atoms with Gasteiger partial charge in [-0.15, -0.1) is 0 Å². The van der Waals surface area contributed by atoms with Crippen molar-refractivity contribution in [3.8, 4) is 22.9 Å². The third-order valence-electron chi connectivity index (χ3n) is 5.21. The monoisotopic (exact) mass is 393 g/mol. The van der Waals surface area contributed by atoms with E-state index in [-0.39, 0.29) is 17.0 Å². The number of benzene rings is 2. The number of nitrogens with two attached hydrogens (primary N) is 1. The van der Waals surface area contributed by atoms with E-state index in [0.29, 0.717) is 16.7 Å². The van der Waals surface area contributed by atoms with E-state index in [1.54, 1.807) is 30.6 Å². The second-order valence-corrected chi connectivity index (χ2v) is 6.92. The highest BCUT2D eigenvalue weighted by Gasteiger charge is 2.35. The minimum Gasteiger partial charge on any atom is -0.439 e. The Bertz CT molecular complexity index is 1400. The third kappa shape index (κ3) is 2.73. The number of ether oxygens (including phenoxy) is 1. The fourth-order valence-electron chi connectivity index (χ4n) is 3.80. The molecule has 30 heavy (non-hydrogen) atoms. The van der Waals surface area contributed by atoms with Gasteiger partial charge in [0.1, 0.15) is 17.2 Å². The molecule has 1 aliphatic rings. The molecule has 2 aromatic heterocycles. The summed E-state index contributed by atoms with van der Waals surface area (Å²) < 4.78 is 11.3. The molecule has 0 spiro atoms. The van der Waals surface area contributed by atoms with Gasteiger partial charge in [0.05, 0.1) is 16.9 Å². The van der Waals surface area contributed by atoms with Crippen LogP contribution in [-0.2, 0) is 0 Å². The SMILES string of the molecule is N#CC1=C(N)Oc2c(c(=O)oc3ccccc23)C1c1ccc(-c2cccnc2)cc1. The van der Waals surface area contributed by atoms with Crippen LogP contribution in [0.25, 0.3) is 22.1 Å². The summed E-state index contributed by atoms with van der Waals surface area (Å²) in [6, 6.07) is 20.6. The molecule has 2 N–H and O–H groups in total. The molecular weight excluding hydrogens is 378 g/mol. The van der Waals surface area contributed by atoms with Gasteiger partial charge in [-0.1, -0.05) is 42.5 Å². The molecule has 1 aliphatic heterocycles. The number of fused-ring (bicyclic) bond motifs is 3. The van der Waals surface area contributed by atoms with E-state index in [2.05, 4.69) is 11.1 Å². The minimum absolute atomic E-state index is 0.0120. The summed E-state index contributed by atoms with van der Waals surface area (Å²) in [5.74, 6) is -0.357. The number of nitrogens with zero attached hydrogens (tertiary/aromatic N) is 2. The lowest BCUT2D eigenvalue weighted by molar-refractivity contribution is 0.388. The van der Waals surface area contributed by atoms with E-state index in [9.17, 15) is 10.1 Å². The summed E-state index contributed by atoms with van der Waals surface area (Å²) in [7, 11) is 0. The van der Waals surface area contributed by atoms with Crippen LogP contribution in [0.3, 0.4) is 0 Å². The first kappa shape index (κ1) is 17.7. The van der Waals surface area contributed by atoms with Crippen LogP contribution in [0.4, 0.5) is 0 Å². The average Bonchev–Trinajstić information content (AvgIpc) is 2.79. The normalized spacial score (nSPS) is 15.4. The predicted molar refractivity (Wildman–Crippen MR) is 111 cm³/mol. The fourth-order valence-corrected chi connectivity index (χ4v) is 3.80. The van der Waals surface area contributed by atoms with E-state index in [1.165, 1.54) is 0 Å². The Balaban J connectivity index is 1.71. The van der Waals surface area contributed by atoms with Crippen molar-refractivity contribution in [2.75, 3.05) is 0 Å². The number of nitriles is 1. The second kappa shape index (κ2) is 6.90. The zero-order chi connectivity index (χ0) is 20.7. The molecule has 6 heteroatoms. The van der Waals surface area contributed by atoms with Crippen molar-refractivity contribution in [2.45, 2.75) is 5.92 Å². The fraction of sp³-hybridized carbons (Fsp3) is 0.0417. The zero-order valence-electron chi connectivity index (χ0n) is 15.7. The van der Waals surface area contributed by atoms with E-state index >= 15 is 0 Å². The molecule has 0 fully saturated rings. The van der Waals surface area contributed by atoms with Crippen molar-refractivity contribution in [1.82, 2.24) is 4.98 Å². The molecule has 1 unspecified atom stereocenters. The Morgan fingerprint density at radius 2 is 1.80 bits per heavy atom. The average molecular weight is 393 g/mol. The van der Waals surface area contributed by atoms with Gasteiger partial charge < -0.3 is 14.9 Å². The van der Waals surface area contributed by atoms with Crippen LogP contribution in [0.1, 0.15) is 17.0 Å². The molecule has 3 heterocycles. The number of aromatic nitrogens is 1. The highest BCUT2D eigenvalue weighted by Crippen LogP contribution is 2.43. The molecule has 1 atom stereocenters. The highest BCUT2D eigenvalue weighted by molar-refractivity contribution is 5.86. The summed E-state index contributed by atoms with van der Waals surface area (Å²) in [5.41, 5.74) is 9.08. The summed E-state index contributed by atoms with van der Waals surface area (Å²) in [6.07, 6.45) is 3.49. The van der Waals surface area contributed by atoms with Crippen LogP contribution in [0, 0.1) is 11.3 Å². The van der Waals surface area contributed by atoms with Crippen molar-refractivity contribution in [3.63, 3.8) is 0 Å². The van der Waals surface area contributed by atoms with E-state index in [0.717, 1.165) is 16.7 Å². The largest absolute Gasteiger partial charge is 0.439 e. The van der Waals surface area contributed by atoms with Crippen molar-refractivity contribution in [1.29, 1.82) is 5.26 Å². The molecule has 2 aromatic carbocycles. The van der Waals surface area contributed by atoms with Crippen LogP contribution >= 0.6 is 0 Å². The van der Waals surface area contributed by atoms with Crippen molar-refractivity contribution in [3.05, 3.63) is 106 Å². The topological polar surface area (TPSA) is 102 Å². The number of rotatable bonds is 2. The Labute approximate surface area is 171 Å². The molecule has 0 aliphatic carbocycles. The van der Waals surface area contributed by atoms with Gasteiger partial charge in [0.25, 0.3) is 0 Å². The molecule has 0 saturated heterocycles. The minimum atomic E-state index is -0.678. The summed E-state index contributed by atoms with van der Waals surface area (Å²) in [4.78, 5) is 17.0. The molecule has 5 rings (SSSR count). The first-order valence-electron chi connectivity index (χ1n) is 9.31. The molecule has 6 nitrogen and oxygen atoms in total. The zero-order valence-corrected chi connectivity index (χ0v) is 15.7. The summed E-state index contributed by atoms with van der Waals surface area (Å²) >= 11 is 0. The lowest BCUT2D eigenvalue weighted by Gasteiger charge is -2.26. The van der Waals surface area contributed by atoms with E-state index < -0.39 is 11.5 Å².